The highest BCUT2D eigenvalue weighted by Crippen LogP contribution is 2.19. The van der Waals surface area contributed by atoms with E-state index in [2.05, 4.69) is 4.74 Å². The van der Waals surface area contributed by atoms with E-state index in [0.717, 1.165) is 0 Å². The fourth-order valence-corrected chi connectivity index (χ4v) is 1.14. The number of alkyl halides is 3. The minimum Gasteiger partial charge on any atom is -0.435 e. The third-order valence-electron chi connectivity index (χ3n) is 1.64. The number of hydrogen-bond acceptors (Lipinski definition) is 2. The van der Waals surface area contributed by atoms with Crippen LogP contribution in [0.2, 0.25) is 0 Å². The molecule has 0 saturated heterocycles. The topological polar surface area (TPSA) is 29.5 Å². The highest BCUT2D eigenvalue weighted by atomic mass is 35.5. The second kappa shape index (κ2) is 5.12. The average Bonchev–Trinajstić information content (AvgIpc) is 2.17. The smallest absolute Gasteiger partial charge is 0.387 e. The second-order valence-corrected chi connectivity index (χ2v) is 2.93. The number of halogens is 3. The van der Waals surface area contributed by atoms with Crippen molar-refractivity contribution in [1.29, 1.82) is 0 Å². The Morgan fingerprint density at radius 2 is 1.86 bits per heavy atom. The van der Waals surface area contributed by atoms with Gasteiger partial charge in [-0.2, -0.15) is 8.78 Å². The summed E-state index contributed by atoms with van der Waals surface area (Å²) in [5, 5.41) is 9.28. The van der Waals surface area contributed by atoms with E-state index in [4.69, 9.17) is 11.6 Å². The summed E-state index contributed by atoms with van der Waals surface area (Å²) in [6.07, 6.45) is -0.780. The molecule has 0 aliphatic heterocycles. The van der Waals surface area contributed by atoms with E-state index in [0.29, 0.717) is 5.56 Å². The molecule has 0 saturated carbocycles. The Balaban J connectivity index is 2.68. The SMILES string of the molecule is O[C@@H](CCl)c1ccc(OC(F)F)cc1. The first-order valence-corrected chi connectivity index (χ1v) is 4.45. The maximum atomic E-state index is 11.8. The monoisotopic (exact) mass is 222 g/mol. The molecule has 0 spiro atoms. The van der Waals surface area contributed by atoms with Gasteiger partial charge in [-0.3, -0.25) is 0 Å². The van der Waals surface area contributed by atoms with E-state index in [1.807, 2.05) is 0 Å². The van der Waals surface area contributed by atoms with Crippen LogP contribution in [0, 0.1) is 0 Å². The van der Waals surface area contributed by atoms with Gasteiger partial charge in [0.15, 0.2) is 0 Å². The van der Waals surface area contributed by atoms with Crippen LogP contribution in [0.25, 0.3) is 0 Å². The maximum Gasteiger partial charge on any atom is 0.387 e. The quantitative estimate of drug-likeness (QED) is 0.794. The average molecular weight is 223 g/mol. The lowest BCUT2D eigenvalue weighted by atomic mass is 10.1. The first kappa shape index (κ1) is 11.2. The van der Waals surface area contributed by atoms with Crippen molar-refractivity contribution in [3.05, 3.63) is 29.8 Å². The van der Waals surface area contributed by atoms with Crippen LogP contribution in [0.4, 0.5) is 8.78 Å². The number of aliphatic hydroxyl groups excluding tert-OH is 1. The molecule has 0 unspecified atom stereocenters. The Morgan fingerprint density at radius 3 is 2.29 bits per heavy atom. The summed E-state index contributed by atoms with van der Waals surface area (Å²) in [4.78, 5) is 0. The lowest BCUT2D eigenvalue weighted by Gasteiger charge is -2.08. The second-order valence-electron chi connectivity index (χ2n) is 2.62. The molecule has 0 aliphatic rings. The van der Waals surface area contributed by atoms with Gasteiger partial charge in [-0.1, -0.05) is 12.1 Å². The molecule has 1 aromatic carbocycles. The Labute approximate surface area is 85.1 Å². The number of ether oxygens (including phenoxy) is 1. The van der Waals surface area contributed by atoms with Crippen molar-refractivity contribution in [3.63, 3.8) is 0 Å². The lowest BCUT2D eigenvalue weighted by Crippen LogP contribution is -2.02. The van der Waals surface area contributed by atoms with Crippen LogP contribution >= 0.6 is 11.6 Å². The molecule has 0 amide bonds. The molecular formula is C9H9ClF2O2. The third kappa shape index (κ3) is 3.12. The summed E-state index contributed by atoms with van der Waals surface area (Å²) in [6.45, 7) is -2.83. The molecule has 0 fully saturated rings. The number of aliphatic hydroxyl groups is 1. The molecule has 0 bridgehead atoms. The van der Waals surface area contributed by atoms with Gasteiger partial charge in [-0.15, -0.1) is 11.6 Å². The van der Waals surface area contributed by atoms with Gasteiger partial charge in [0.1, 0.15) is 5.75 Å². The van der Waals surface area contributed by atoms with E-state index in [9.17, 15) is 13.9 Å². The van der Waals surface area contributed by atoms with Crippen LogP contribution < -0.4 is 4.74 Å². The van der Waals surface area contributed by atoms with Gasteiger partial charge in [0.05, 0.1) is 12.0 Å². The Bertz CT molecular complexity index is 277. The van der Waals surface area contributed by atoms with E-state index in [1.165, 1.54) is 24.3 Å². The van der Waals surface area contributed by atoms with Gasteiger partial charge in [0.25, 0.3) is 0 Å². The zero-order chi connectivity index (χ0) is 10.6. The van der Waals surface area contributed by atoms with Crippen LogP contribution in [-0.2, 0) is 0 Å². The lowest BCUT2D eigenvalue weighted by molar-refractivity contribution is -0.0498. The predicted molar refractivity (Wildman–Crippen MR) is 48.8 cm³/mol. The Kier molecular flexibility index (Phi) is 4.10. The third-order valence-corrected chi connectivity index (χ3v) is 1.93. The molecule has 5 heteroatoms. The molecule has 0 aliphatic carbocycles. The highest BCUT2D eigenvalue weighted by Gasteiger charge is 2.07. The van der Waals surface area contributed by atoms with Crippen LogP contribution in [-0.4, -0.2) is 17.6 Å². The largest absolute Gasteiger partial charge is 0.435 e. The van der Waals surface area contributed by atoms with Gasteiger partial charge >= 0.3 is 6.61 Å². The van der Waals surface area contributed by atoms with Gasteiger partial charge in [-0.05, 0) is 17.7 Å². The standard InChI is InChI=1S/C9H9ClF2O2/c10-5-8(13)6-1-3-7(4-2-6)14-9(11)12/h1-4,8-9,13H,5H2/t8-/m0/s1. The van der Waals surface area contributed by atoms with Crippen molar-refractivity contribution in [2.45, 2.75) is 12.7 Å². The predicted octanol–water partition coefficient (Wildman–Crippen LogP) is 2.56. The summed E-state index contributed by atoms with van der Waals surface area (Å²) < 4.78 is 27.6. The molecule has 78 valence electrons. The zero-order valence-corrected chi connectivity index (χ0v) is 7.92. The van der Waals surface area contributed by atoms with Crippen LogP contribution in [0.15, 0.2) is 24.3 Å². The van der Waals surface area contributed by atoms with Crippen molar-refractivity contribution in [2.75, 3.05) is 5.88 Å². The minimum absolute atomic E-state index is 0.0607. The van der Waals surface area contributed by atoms with E-state index in [-0.39, 0.29) is 11.6 Å². The molecular weight excluding hydrogens is 214 g/mol. The van der Waals surface area contributed by atoms with Crippen molar-refractivity contribution in [2.24, 2.45) is 0 Å². The van der Waals surface area contributed by atoms with Gasteiger partial charge < -0.3 is 9.84 Å². The number of rotatable bonds is 4. The molecule has 0 heterocycles. The fourth-order valence-electron chi connectivity index (χ4n) is 0.961. The van der Waals surface area contributed by atoms with Crippen LogP contribution in [0.1, 0.15) is 11.7 Å². The van der Waals surface area contributed by atoms with Gasteiger partial charge in [0.2, 0.25) is 0 Å². The van der Waals surface area contributed by atoms with E-state index >= 15 is 0 Å². The van der Waals surface area contributed by atoms with Crippen molar-refractivity contribution < 1.29 is 18.6 Å². The minimum atomic E-state index is -2.83. The van der Waals surface area contributed by atoms with Crippen molar-refractivity contribution >= 4 is 11.6 Å². The van der Waals surface area contributed by atoms with Gasteiger partial charge in [-0.25, -0.2) is 0 Å². The zero-order valence-electron chi connectivity index (χ0n) is 7.16. The molecule has 0 aromatic heterocycles. The summed E-state index contributed by atoms with van der Waals surface area (Å²) in [6, 6.07) is 5.70. The molecule has 1 N–H and O–H groups in total. The van der Waals surface area contributed by atoms with Crippen LogP contribution in [0.3, 0.4) is 0 Å². The van der Waals surface area contributed by atoms with Crippen LogP contribution in [0.5, 0.6) is 5.75 Å². The molecule has 0 radical (unpaired) electrons. The summed E-state index contributed by atoms with van der Waals surface area (Å²) >= 11 is 5.41. The van der Waals surface area contributed by atoms with E-state index < -0.39 is 12.7 Å². The number of hydrogen-bond donors (Lipinski definition) is 1. The Hall–Kier alpha value is -0.870. The van der Waals surface area contributed by atoms with Crippen molar-refractivity contribution in [1.82, 2.24) is 0 Å². The molecule has 1 aromatic rings. The Morgan fingerprint density at radius 1 is 1.29 bits per heavy atom. The summed E-state index contributed by atoms with van der Waals surface area (Å²) in [5.41, 5.74) is 0.571. The maximum absolute atomic E-state index is 11.8. The van der Waals surface area contributed by atoms with Gasteiger partial charge in [0, 0.05) is 0 Å². The highest BCUT2D eigenvalue weighted by molar-refractivity contribution is 6.18. The first-order valence-electron chi connectivity index (χ1n) is 3.92. The van der Waals surface area contributed by atoms with E-state index in [1.54, 1.807) is 0 Å². The molecule has 14 heavy (non-hydrogen) atoms. The summed E-state index contributed by atoms with van der Waals surface area (Å²) in [5.74, 6) is 0.125. The van der Waals surface area contributed by atoms with Crippen molar-refractivity contribution in [3.8, 4) is 5.75 Å². The molecule has 1 atom stereocenters. The normalized spacial score (nSPS) is 12.9. The molecule has 1 rings (SSSR count). The first-order chi connectivity index (χ1) is 6.63. The number of benzene rings is 1. The molecule has 2 nitrogen and oxygen atoms in total. The summed E-state index contributed by atoms with van der Waals surface area (Å²) in [7, 11) is 0. The fraction of sp³-hybridized carbons (Fsp3) is 0.333.